The number of amides is 1. The highest BCUT2D eigenvalue weighted by atomic mass is 32.2. The van der Waals surface area contributed by atoms with Crippen LogP contribution in [0.4, 0.5) is 13.2 Å². The molecule has 0 aliphatic rings. The molecule has 0 saturated heterocycles. The lowest BCUT2D eigenvalue weighted by molar-refractivity contribution is -0.133. The number of carbonyl (C=O) groups is 1. The third-order valence-electron chi connectivity index (χ3n) is 3.99. The molecule has 1 heterocycles. The Kier molecular flexibility index (Phi) is 7.62. The van der Waals surface area contributed by atoms with E-state index < -0.39 is 41.0 Å². The average Bonchev–Trinajstić information content (AvgIpc) is 3.12. The maximum Gasteiger partial charge on any atom is 0.315 e. The number of halogens is 3. The Morgan fingerprint density at radius 2 is 1.82 bits per heavy atom. The van der Waals surface area contributed by atoms with E-state index in [1.165, 1.54) is 29.7 Å². The Morgan fingerprint density at radius 1 is 1.18 bits per heavy atom. The molecule has 2 atom stereocenters. The monoisotopic (exact) mass is 435 g/mol. The number of sulfone groups is 1. The first kappa shape index (κ1) is 22.4. The van der Waals surface area contributed by atoms with E-state index in [0.29, 0.717) is 6.42 Å². The maximum atomic E-state index is 13.1. The summed E-state index contributed by atoms with van der Waals surface area (Å²) in [5, 5.41) is 11.9. The summed E-state index contributed by atoms with van der Waals surface area (Å²) in [6.45, 7) is -1.20. The number of benzene rings is 1. The molecule has 1 aromatic carbocycles. The highest BCUT2D eigenvalue weighted by Gasteiger charge is 2.26. The van der Waals surface area contributed by atoms with E-state index in [2.05, 4.69) is 0 Å². The van der Waals surface area contributed by atoms with Crippen LogP contribution in [0.3, 0.4) is 0 Å². The van der Waals surface area contributed by atoms with Crippen LogP contribution in [0.25, 0.3) is 10.4 Å². The van der Waals surface area contributed by atoms with Crippen molar-refractivity contribution >= 4 is 27.1 Å². The number of hydrogen-bond donors (Lipinski definition) is 2. The molecular weight excluding hydrogens is 415 g/mol. The van der Waals surface area contributed by atoms with Gasteiger partial charge in [-0.25, -0.2) is 12.8 Å². The fourth-order valence-electron chi connectivity index (χ4n) is 2.48. The molecule has 154 valence electrons. The van der Waals surface area contributed by atoms with Crippen LogP contribution < -0.4 is 5.32 Å². The van der Waals surface area contributed by atoms with Crippen molar-refractivity contribution in [2.24, 2.45) is 0 Å². The van der Waals surface area contributed by atoms with Gasteiger partial charge in [-0.2, -0.15) is 8.78 Å². The second-order valence-corrected chi connectivity index (χ2v) is 9.71. The SMILES string of the molecule is CS(=O)(=O)CCc1ccc(-c2ccc([C@@H](O)[C@@H](CF)NC(=O)C(F)F)cc2)s1. The molecule has 0 radical (unpaired) electrons. The normalized spacial score (nSPS) is 14.1. The molecule has 1 aromatic heterocycles. The summed E-state index contributed by atoms with van der Waals surface area (Å²) < 4.78 is 60.2. The lowest BCUT2D eigenvalue weighted by Crippen LogP contribution is -2.43. The Hall–Kier alpha value is -1.91. The number of aliphatic hydroxyl groups is 1. The largest absolute Gasteiger partial charge is 0.386 e. The quantitative estimate of drug-likeness (QED) is 0.635. The van der Waals surface area contributed by atoms with Gasteiger partial charge in [-0.15, -0.1) is 11.3 Å². The Labute approximate surface area is 165 Å². The first-order valence-electron chi connectivity index (χ1n) is 8.30. The molecule has 2 aromatic rings. The van der Waals surface area contributed by atoms with Crippen molar-refractivity contribution in [1.29, 1.82) is 0 Å². The van der Waals surface area contributed by atoms with Crippen molar-refractivity contribution in [2.45, 2.75) is 25.0 Å². The van der Waals surface area contributed by atoms with Crippen LogP contribution in [0.2, 0.25) is 0 Å². The predicted octanol–water partition coefficient (Wildman–Crippen LogP) is 2.76. The molecule has 2 rings (SSSR count). The molecular formula is C18H20F3NO4S2. The molecule has 10 heteroatoms. The Morgan fingerprint density at radius 3 is 2.36 bits per heavy atom. The minimum atomic E-state index is -3.29. The molecule has 0 spiro atoms. The minimum absolute atomic E-state index is 0.0625. The van der Waals surface area contributed by atoms with Gasteiger partial charge >= 0.3 is 6.43 Å². The summed E-state index contributed by atoms with van der Waals surface area (Å²) in [7, 11) is -3.05. The van der Waals surface area contributed by atoms with Gasteiger partial charge in [-0.1, -0.05) is 24.3 Å². The van der Waals surface area contributed by atoms with Gasteiger partial charge in [0.05, 0.1) is 11.8 Å². The lowest BCUT2D eigenvalue weighted by Gasteiger charge is -2.21. The van der Waals surface area contributed by atoms with Crippen molar-refractivity contribution in [3.05, 3.63) is 46.8 Å². The van der Waals surface area contributed by atoms with Crippen molar-refractivity contribution < 1.29 is 31.5 Å². The second-order valence-electron chi connectivity index (χ2n) is 6.28. The van der Waals surface area contributed by atoms with Crippen molar-refractivity contribution in [1.82, 2.24) is 5.32 Å². The molecule has 0 fully saturated rings. The van der Waals surface area contributed by atoms with Crippen LogP contribution in [-0.2, 0) is 21.1 Å². The van der Waals surface area contributed by atoms with E-state index in [0.717, 1.165) is 15.3 Å². The average molecular weight is 435 g/mol. The number of nitrogens with one attached hydrogen (secondary N) is 1. The number of thiophene rings is 1. The molecule has 5 nitrogen and oxygen atoms in total. The van der Waals surface area contributed by atoms with E-state index >= 15 is 0 Å². The number of alkyl halides is 3. The number of hydrogen-bond acceptors (Lipinski definition) is 5. The zero-order valence-corrected chi connectivity index (χ0v) is 16.6. The first-order chi connectivity index (χ1) is 13.1. The number of rotatable bonds is 9. The van der Waals surface area contributed by atoms with E-state index in [-0.39, 0.29) is 11.3 Å². The molecule has 1 amide bonds. The standard InChI is InChI=1S/C18H20F3NO4S2/c1-28(25,26)9-8-13-6-7-15(27-13)11-2-4-12(5-3-11)16(23)14(10-19)22-18(24)17(20)21/h2-7,14,16-17,23H,8-10H2,1H3,(H,22,24)/t14-,16-/m1/s1. The van der Waals surface area contributed by atoms with Gasteiger partial charge in [0, 0.05) is 16.0 Å². The zero-order valence-electron chi connectivity index (χ0n) is 14.9. The van der Waals surface area contributed by atoms with Gasteiger partial charge in [0.15, 0.2) is 0 Å². The first-order valence-corrected chi connectivity index (χ1v) is 11.2. The molecule has 28 heavy (non-hydrogen) atoms. The molecule has 2 N–H and O–H groups in total. The summed E-state index contributed by atoms with van der Waals surface area (Å²) in [5.41, 5.74) is 1.08. The molecule has 0 bridgehead atoms. The fourth-order valence-corrected chi connectivity index (χ4v) is 4.21. The second kappa shape index (κ2) is 9.53. The van der Waals surface area contributed by atoms with Gasteiger partial charge in [0.25, 0.3) is 5.91 Å². The van der Waals surface area contributed by atoms with Gasteiger partial charge in [0.1, 0.15) is 22.6 Å². The van der Waals surface area contributed by atoms with Crippen LogP contribution in [0.5, 0.6) is 0 Å². The Balaban J connectivity index is 2.08. The number of aryl methyl sites for hydroxylation is 1. The van der Waals surface area contributed by atoms with E-state index in [1.54, 1.807) is 17.4 Å². The highest BCUT2D eigenvalue weighted by molar-refractivity contribution is 7.90. The van der Waals surface area contributed by atoms with E-state index in [9.17, 15) is 31.5 Å². The molecule has 0 unspecified atom stereocenters. The molecule has 0 aliphatic heterocycles. The van der Waals surface area contributed by atoms with Crippen molar-refractivity contribution in [2.75, 3.05) is 18.7 Å². The third kappa shape index (κ3) is 6.32. The third-order valence-corrected chi connectivity index (χ3v) is 6.13. The van der Waals surface area contributed by atoms with Crippen LogP contribution >= 0.6 is 11.3 Å². The molecule has 0 saturated carbocycles. The van der Waals surface area contributed by atoms with Crippen LogP contribution in [0.15, 0.2) is 36.4 Å². The van der Waals surface area contributed by atoms with Crippen LogP contribution in [0, 0.1) is 0 Å². The summed E-state index contributed by atoms with van der Waals surface area (Å²) in [6, 6.07) is 8.61. The van der Waals surface area contributed by atoms with E-state index in [1.807, 2.05) is 12.1 Å². The van der Waals surface area contributed by atoms with Gasteiger partial charge < -0.3 is 10.4 Å². The van der Waals surface area contributed by atoms with Gasteiger partial charge in [-0.3, -0.25) is 4.79 Å². The van der Waals surface area contributed by atoms with Crippen LogP contribution in [-0.4, -0.2) is 50.6 Å². The highest BCUT2D eigenvalue weighted by Crippen LogP contribution is 2.30. The topological polar surface area (TPSA) is 83.5 Å². The summed E-state index contributed by atoms with van der Waals surface area (Å²) in [4.78, 5) is 12.8. The summed E-state index contributed by atoms with van der Waals surface area (Å²) >= 11 is 1.44. The van der Waals surface area contributed by atoms with Gasteiger partial charge in [-0.05, 0) is 29.7 Å². The fraction of sp³-hybridized carbons (Fsp3) is 0.389. The number of aliphatic hydroxyl groups excluding tert-OH is 1. The summed E-state index contributed by atoms with van der Waals surface area (Å²) in [5.74, 6) is -1.58. The van der Waals surface area contributed by atoms with Crippen LogP contribution in [0.1, 0.15) is 16.5 Å². The summed E-state index contributed by atoms with van der Waals surface area (Å²) in [6.07, 6.45) is -3.17. The van der Waals surface area contributed by atoms with Crippen molar-refractivity contribution in [3.63, 3.8) is 0 Å². The predicted molar refractivity (Wildman–Crippen MR) is 102 cm³/mol. The van der Waals surface area contributed by atoms with Gasteiger partial charge in [0.2, 0.25) is 0 Å². The number of carbonyl (C=O) groups excluding carboxylic acids is 1. The lowest BCUT2D eigenvalue weighted by atomic mass is 10.0. The maximum absolute atomic E-state index is 13.1. The smallest absolute Gasteiger partial charge is 0.315 e. The molecule has 0 aliphatic carbocycles. The Bertz CT molecular complexity index is 898. The minimum Gasteiger partial charge on any atom is -0.386 e. The van der Waals surface area contributed by atoms with Crippen molar-refractivity contribution in [3.8, 4) is 10.4 Å². The zero-order chi connectivity index (χ0) is 20.9. The van der Waals surface area contributed by atoms with E-state index in [4.69, 9.17) is 0 Å².